The molecule has 1 fully saturated rings. The van der Waals surface area contributed by atoms with E-state index in [0.29, 0.717) is 6.04 Å². The number of hydrogen-bond donors (Lipinski definition) is 0. The molecular weight excluding hydrogens is 326 g/mol. The first kappa shape index (κ1) is 15.3. The first-order valence-corrected chi connectivity index (χ1v) is 8.61. The first-order chi connectivity index (χ1) is 9.13. The Morgan fingerprint density at radius 2 is 2.05 bits per heavy atom. The number of hydrogen-bond acceptors (Lipinski definition) is 2. The molecule has 0 aliphatic heterocycles. The molecule has 0 N–H and O–H groups in total. The van der Waals surface area contributed by atoms with Crippen molar-refractivity contribution in [2.45, 2.75) is 51.6 Å². The molecule has 0 unspecified atom stereocenters. The van der Waals surface area contributed by atoms with Crippen LogP contribution in [0.4, 0.5) is 0 Å². The second kappa shape index (κ2) is 7.09. The van der Waals surface area contributed by atoms with Gasteiger partial charge in [-0.3, -0.25) is 9.58 Å². The quantitative estimate of drug-likeness (QED) is 0.752. The van der Waals surface area contributed by atoms with Crippen LogP contribution in [0.25, 0.3) is 0 Å². The molecule has 108 valence electrons. The van der Waals surface area contributed by atoms with E-state index in [2.05, 4.69) is 25.9 Å². The van der Waals surface area contributed by atoms with Crippen molar-refractivity contribution >= 4 is 27.5 Å². The van der Waals surface area contributed by atoms with E-state index in [1.165, 1.54) is 32.1 Å². The summed E-state index contributed by atoms with van der Waals surface area (Å²) in [5, 5.41) is 6.26. The highest BCUT2D eigenvalue weighted by molar-refractivity contribution is 9.09. The van der Waals surface area contributed by atoms with Crippen LogP contribution in [0.5, 0.6) is 0 Å². The van der Waals surface area contributed by atoms with E-state index in [-0.39, 0.29) is 0 Å². The molecule has 2 rings (SSSR count). The van der Waals surface area contributed by atoms with Gasteiger partial charge in [0.1, 0.15) is 0 Å². The summed E-state index contributed by atoms with van der Waals surface area (Å²) in [5.41, 5.74) is 2.08. The Bertz CT molecular complexity index is 413. The summed E-state index contributed by atoms with van der Waals surface area (Å²) in [5.74, 6) is 0. The van der Waals surface area contributed by atoms with Crippen molar-refractivity contribution in [1.82, 2.24) is 14.7 Å². The molecule has 0 bridgehead atoms. The number of alkyl halides is 1. The van der Waals surface area contributed by atoms with Crippen molar-refractivity contribution < 1.29 is 0 Å². The summed E-state index contributed by atoms with van der Waals surface area (Å²) in [6.07, 6.45) is 6.76. The maximum absolute atomic E-state index is 6.38. The lowest BCUT2D eigenvalue weighted by molar-refractivity contribution is 0.154. The maximum atomic E-state index is 6.38. The summed E-state index contributed by atoms with van der Waals surface area (Å²) in [7, 11) is 1.99. The molecule has 5 heteroatoms. The highest BCUT2D eigenvalue weighted by Gasteiger charge is 2.23. The van der Waals surface area contributed by atoms with Crippen LogP contribution >= 0.6 is 27.5 Å². The van der Waals surface area contributed by atoms with Crippen LogP contribution in [-0.4, -0.2) is 32.6 Å². The van der Waals surface area contributed by atoms with Gasteiger partial charge in [-0.1, -0.05) is 46.8 Å². The molecule has 0 spiro atoms. The molecule has 0 saturated heterocycles. The van der Waals surface area contributed by atoms with Gasteiger partial charge in [-0.25, -0.2) is 0 Å². The lowest BCUT2D eigenvalue weighted by Gasteiger charge is -2.34. The summed E-state index contributed by atoms with van der Waals surface area (Å²) in [6.45, 7) is 3.96. The van der Waals surface area contributed by atoms with Gasteiger partial charge in [-0.05, 0) is 19.8 Å². The van der Waals surface area contributed by atoms with Crippen LogP contribution in [0.2, 0.25) is 5.02 Å². The van der Waals surface area contributed by atoms with Crippen LogP contribution in [0.3, 0.4) is 0 Å². The standard InChI is InChI=1S/C14H23BrClN3/c1-11-14(16)13(18(2)17-11)10-19(9-8-15)12-6-4-3-5-7-12/h12H,3-10H2,1-2H3. The van der Waals surface area contributed by atoms with E-state index in [1.54, 1.807) is 0 Å². The van der Waals surface area contributed by atoms with E-state index in [9.17, 15) is 0 Å². The van der Waals surface area contributed by atoms with E-state index in [0.717, 1.165) is 34.8 Å². The van der Waals surface area contributed by atoms with Crippen molar-refractivity contribution in [3.8, 4) is 0 Å². The maximum Gasteiger partial charge on any atom is 0.0860 e. The lowest BCUT2D eigenvalue weighted by atomic mass is 9.94. The average molecular weight is 349 g/mol. The summed E-state index contributed by atoms with van der Waals surface area (Å²) >= 11 is 9.95. The molecule has 0 amide bonds. The third-order valence-electron chi connectivity index (χ3n) is 4.08. The number of aromatic nitrogens is 2. The van der Waals surface area contributed by atoms with Gasteiger partial charge in [-0.15, -0.1) is 0 Å². The Morgan fingerprint density at radius 3 is 2.58 bits per heavy atom. The first-order valence-electron chi connectivity index (χ1n) is 7.11. The average Bonchev–Trinajstić information content (AvgIpc) is 2.65. The van der Waals surface area contributed by atoms with E-state index >= 15 is 0 Å². The normalized spacial score (nSPS) is 17.3. The van der Waals surface area contributed by atoms with Gasteiger partial charge in [-0.2, -0.15) is 5.10 Å². The Morgan fingerprint density at radius 1 is 1.37 bits per heavy atom. The molecule has 0 atom stereocenters. The molecule has 1 aliphatic carbocycles. The van der Waals surface area contributed by atoms with Gasteiger partial charge in [0.25, 0.3) is 0 Å². The zero-order chi connectivity index (χ0) is 13.8. The molecule has 1 aromatic heterocycles. The van der Waals surface area contributed by atoms with Crippen LogP contribution in [0.1, 0.15) is 43.5 Å². The summed E-state index contributed by atoms with van der Waals surface area (Å²) < 4.78 is 1.93. The smallest absolute Gasteiger partial charge is 0.0860 e. The summed E-state index contributed by atoms with van der Waals surface area (Å²) in [4.78, 5) is 2.57. The van der Waals surface area contributed by atoms with Crippen molar-refractivity contribution in [2.24, 2.45) is 7.05 Å². The number of halogens is 2. The van der Waals surface area contributed by atoms with Gasteiger partial charge in [0.15, 0.2) is 0 Å². The van der Waals surface area contributed by atoms with Crippen molar-refractivity contribution in [3.05, 3.63) is 16.4 Å². The molecule has 1 aliphatic rings. The van der Waals surface area contributed by atoms with Gasteiger partial charge in [0, 0.05) is 31.5 Å². The molecule has 0 radical (unpaired) electrons. The minimum atomic E-state index is 0.706. The number of aryl methyl sites for hydroxylation is 2. The fourth-order valence-electron chi connectivity index (χ4n) is 2.99. The fourth-order valence-corrected chi connectivity index (χ4v) is 3.67. The zero-order valence-electron chi connectivity index (χ0n) is 11.8. The molecule has 3 nitrogen and oxygen atoms in total. The second-order valence-electron chi connectivity index (χ2n) is 5.42. The zero-order valence-corrected chi connectivity index (χ0v) is 14.2. The monoisotopic (exact) mass is 347 g/mol. The Kier molecular flexibility index (Phi) is 5.72. The topological polar surface area (TPSA) is 21.1 Å². The van der Waals surface area contributed by atoms with Gasteiger partial charge in [0.05, 0.1) is 16.4 Å². The van der Waals surface area contributed by atoms with E-state index in [4.69, 9.17) is 11.6 Å². The number of rotatable bonds is 5. The molecule has 19 heavy (non-hydrogen) atoms. The molecule has 0 aromatic carbocycles. The minimum absolute atomic E-state index is 0.706. The molecule has 1 heterocycles. The third-order valence-corrected chi connectivity index (χ3v) is 4.92. The third kappa shape index (κ3) is 3.73. The predicted octanol–water partition coefficient (Wildman–Crippen LogP) is 3.91. The molecule has 1 saturated carbocycles. The van der Waals surface area contributed by atoms with Crippen LogP contribution in [0, 0.1) is 6.92 Å². The minimum Gasteiger partial charge on any atom is -0.294 e. The van der Waals surface area contributed by atoms with Gasteiger partial charge in [0.2, 0.25) is 0 Å². The largest absolute Gasteiger partial charge is 0.294 e. The van der Waals surface area contributed by atoms with Crippen molar-refractivity contribution in [2.75, 3.05) is 11.9 Å². The van der Waals surface area contributed by atoms with Gasteiger partial charge >= 0.3 is 0 Å². The predicted molar refractivity (Wildman–Crippen MR) is 84.0 cm³/mol. The van der Waals surface area contributed by atoms with Crippen molar-refractivity contribution in [1.29, 1.82) is 0 Å². The SMILES string of the molecule is Cc1nn(C)c(CN(CCBr)C2CCCCC2)c1Cl. The van der Waals surface area contributed by atoms with Crippen LogP contribution < -0.4 is 0 Å². The summed E-state index contributed by atoms with van der Waals surface area (Å²) in [6, 6.07) is 0.706. The Labute approximate surface area is 129 Å². The highest BCUT2D eigenvalue weighted by Crippen LogP contribution is 2.27. The Balaban J connectivity index is 2.11. The molecular formula is C14H23BrClN3. The second-order valence-corrected chi connectivity index (χ2v) is 6.59. The highest BCUT2D eigenvalue weighted by atomic mass is 79.9. The Hall–Kier alpha value is -0.0600. The van der Waals surface area contributed by atoms with Crippen molar-refractivity contribution in [3.63, 3.8) is 0 Å². The molecule has 1 aromatic rings. The fraction of sp³-hybridized carbons (Fsp3) is 0.786. The van der Waals surface area contributed by atoms with E-state index in [1.807, 2.05) is 18.7 Å². The van der Waals surface area contributed by atoms with Crippen LogP contribution in [-0.2, 0) is 13.6 Å². The van der Waals surface area contributed by atoms with Crippen LogP contribution in [0.15, 0.2) is 0 Å². The lowest BCUT2D eigenvalue weighted by Crippen LogP contribution is -2.38. The van der Waals surface area contributed by atoms with E-state index < -0.39 is 0 Å². The van der Waals surface area contributed by atoms with Gasteiger partial charge < -0.3 is 0 Å². The number of nitrogens with zero attached hydrogens (tertiary/aromatic N) is 3.